The fourth-order valence-electron chi connectivity index (χ4n) is 3.18. The van der Waals surface area contributed by atoms with Gasteiger partial charge in [0.2, 0.25) is 5.91 Å². The van der Waals surface area contributed by atoms with E-state index in [1.165, 1.54) is 5.56 Å². The zero-order valence-electron chi connectivity index (χ0n) is 14.1. The van der Waals surface area contributed by atoms with Crippen LogP contribution in [-0.4, -0.2) is 25.7 Å². The van der Waals surface area contributed by atoms with E-state index in [0.29, 0.717) is 11.6 Å². The molecule has 0 bridgehead atoms. The van der Waals surface area contributed by atoms with Crippen LogP contribution in [0, 0.1) is 0 Å². The fraction of sp³-hybridized carbons (Fsp3) is 0.286. The molecule has 0 saturated carbocycles. The Morgan fingerprint density at radius 1 is 1.08 bits per heavy atom. The highest BCUT2D eigenvalue weighted by Gasteiger charge is 2.34. The van der Waals surface area contributed by atoms with Crippen molar-refractivity contribution in [3.63, 3.8) is 0 Å². The standard InChI is InChI=1S/C21H22ClNO2/c22-19-9-6-17(7-10-19)8-11-20(24)23-16-21(12-14-25-15-13-21)18-4-2-1-3-5-18/h1-11H,12-16H2,(H,23,24). The summed E-state index contributed by atoms with van der Waals surface area (Å²) < 4.78 is 5.53. The van der Waals surface area contributed by atoms with E-state index in [1.54, 1.807) is 12.2 Å². The number of benzene rings is 2. The number of carbonyl (C=O) groups excluding carboxylic acids is 1. The summed E-state index contributed by atoms with van der Waals surface area (Å²) in [5.41, 5.74) is 2.16. The average Bonchev–Trinajstić information content (AvgIpc) is 2.67. The van der Waals surface area contributed by atoms with Crippen LogP contribution in [0.4, 0.5) is 0 Å². The predicted molar refractivity (Wildman–Crippen MR) is 102 cm³/mol. The molecular weight excluding hydrogens is 334 g/mol. The lowest BCUT2D eigenvalue weighted by atomic mass is 9.74. The summed E-state index contributed by atoms with van der Waals surface area (Å²) in [6.45, 7) is 2.07. The second kappa shape index (κ2) is 8.32. The van der Waals surface area contributed by atoms with Crippen LogP contribution < -0.4 is 5.32 Å². The Kier molecular flexibility index (Phi) is 5.90. The van der Waals surface area contributed by atoms with Crippen LogP contribution >= 0.6 is 11.6 Å². The lowest BCUT2D eigenvalue weighted by molar-refractivity contribution is -0.116. The van der Waals surface area contributed by atoms with Gasteiger partial charge in [-0.05, 0) is 42.2 Å². The number of nitrogens with one attached hydrogen (secondary N) is 1. The molecule has 2 aromatic rings. The number of hydrogen-bond donors (Lipinski definition) is 1. The van der Waals surface area contributed by atoms with Gasteiger partial charge in [-0.3, -0.25) is 4.79 Å². The maximum Gasteiger partial charge on any atom is 0.244 e. The Bertz CT molecular complexity index is 719. The van der Waals surface area contributed by atoms with Crippen molar-refractivity contribution in [1.29, 1.82) is 0 Å². The number of halogens is 1. The zero-order valence-corrected chi connectivity index (χ0v) is 14.8. The Morgan fingerprint density at radius 2 is 1.76 bits per heavy atom. The van der Waals surface area contributed by atoms with E-state index >= 15 is 0 Å². The summed E-state index contributed by atoms with van der Waals surface area (Å²) >= 11 is 5.87. The second-order valence-corrected chi connectivity index (χ2v) is 6.80. The van der Waals surface area contributed by atoms with Gasteiger partial charge in [0.1, 0.15) is 0 Å². The quantitative estimate of drug-likeness (QED) is 0.815. The van der Waals surface area contributed by atoms with Crippen molar-refractivity contribution >= 4 is 23.6 Å². The number of ether oxygens (including phenoxy) is 1. The van der Waals surface area contributed by atoms with E-state index in [0.717, 1.165) is 31.6 Å². The normalized spacial score (nSPS) is 16.7. The lowest BCUT2D eigenvalue weighted by Gasteiger charge is -2.37. The molecule has 1 amide bonds. The van der Waals surface area contributed by atoms with Gasteiger partial charge in [0.25, 0.3) is 0 Å². The summed E-state index contributed by atoms with van der Waals surface area (Å²) in [4.78, 5) is 12.2. The lowest BCUT2D eigenvalue weighted by Crippen LogP contribution is -2.44. The molecule has 0 atom stereocenters. The van der Waals surface area contributed by atoms with E-state index in [-0.39, 0.29) is 11.3 Å². The van der Waals surface area contributed by atoms with Crippen molar-refractivity contribution in [2.45, 2.75) is 18.3 Å². The van der Waals surface area contributed by atoms with Crippen molar-refractivity contribution in [1.82, 2.24) is 5.32 Å². The van der Waals surface area contributed by atoms with Gasteiger partial charge in [0, 0.05) is 36.3 Å². The molecule has 3 nitrogen and oxygen atoms in total. The Morgan fingerprint density at radius 3 is 2.44 bits per heavy atom. The van der Waals surface area contributed by atoms with Gasteiger partial charge in [-0.25, -0.2) is 0 Å². The molecular formula is C21H22ClNO2. The minimum Gasteiger partial charge on any atom is -0.381 e. The molecule has 0 radical (unpaired) electrons. The molecule has 3 rings (SSSR count). The number of hydrogen-bond acceptors (Lipinski definition) is 2. The maximum absolute atomic E-state index is 12.2. The third kappa shape index (κ3) is 4.71. The fourth-order valence-corrected chi connectivity index (χ4v) is 3.31. The van der Waals surface area contributed by atoms with E-state index in [4.69, 9.17) is 16.3 Å². The highest BCUT2D eigenvalue weighted by molar-refractivity contribution is 6.30. The summed E-state index contributed by atoms with van der Waals surface area (Å²) in [5, 5.41) is 3.75. The first-order chi connectivity index (χ1) is 12.2. The van der Waals surface area contributed by atoms with Gasteiger partial charge < -0.3 is 10.1 Å². The van der Waals surface area contributed by atoms with Crippen LogP contribution in [0.15, 0.2) is 60.7 Å². The van der Waals surface area contributed by atoms with Crippen molar-refractivity contribution in [3.05, 3.63) is 76.8 Å². The molecule has 1 N–H and O–H groups in total. The average molecular weight is 356 g/mol. The molecule has 1 saturated heterocycles. The van der Waals surface area contributed by atoms with Crippen molar-refractivity contribution in [3.8, 4) is 0 Å². The first-order valence-electron chi connectivity index (χ1n) is 8.53. The van der Waals surface area contributed by atoms with Gasteiger partial charge in [-0.1, -0.05) is 54.1 Å². The van der Waals surface area contributed by atoms with Crippen LogP contribution in [0.3, 0.4) is 0 Å². The first kappa shape index (κ1) is 17.7. The van der Waals surface area contributed by atoms with Crippen LogP contribution in [-0.2, 0) is 14.9 Å². The molecule has 130 valence electrons. The van der Waals surface area contributed by atoms with Crippen LogP contribution in [0.5, 0.6) is 0 Å². The van der Waals surface area contributed by atoms with Crippen molar-refractivity contribution in [2.24, 2.45) is 0 Å². The molecule has 0 aromatic heterocycles. The number of amides is 1. The smallest absolute Gasteiger partial charge is 0.244 e. The number of rotatable bonds is 5. The van der Waals surface area contributed by atoms with Crippen molar-refractivity contribution in [2.75, 3.05) is 19.8 Å². The molecule has 1 aliphatic heterocycles. The summed E-state index contributed by atoms with van der Waals surface area (Å²) in [7, 11) is 0. The molecule has 1 fully saturated rings. The van der Waals surface area contributed by atoms with Gasteiger partial charge in [0.15, 0.2) is 0 Å². The molecule has 1 heterocycles. The van der Waals surface area contributed by atoms with Crippen LogP contribution in [0.2, 0.25) is 5.02 Å². The van der Waals surface area contributed by atoms with Gasteiger partial charge in [0.05, 0.1) is 0 Å². The molecule has 1 aliphatic rings. The maximum atomic E-state index is 12.2. The summed E-state index contributed by atoms with van der Waals surface area (Å²) in [6.07, 6.45) is 5.20. The molecule has 0 spiro atoms. The van der Waals surface area contributed by atoms with E-state index in [9.17, 15) is 4.79 Å². The monoisotopic (exact) mass is 355 g/mol. The van der Waals surface area contributed by atoms with E-state index < -0.39 is 0 Å². The van der Waals surface area contributed by atoms with Gasteiger partial charge in [-0.2, -0.15) is 0 Å². The number of carbonyl (C=O) groups is 1. The zero-order chi connectivity index (χ0) is 17.5. The third-order valence-corrected chi connectivity index (χ3v) is 4.99. The van der Waals surface area contributed by atoms with Crippen LogP contribution in [0.25, 0.3) is 6.08 Å². The minimum absolute atomic E-state index is 0.0523. The summed E-state index contributed by atoms with van der Waals surface area (Å²) in [6, 6.07) is 17.8. The Hall–Kier alpha value is -2.10. The SMILES string of the molecule is O=C(C=Cc1ccc(Cl)cc1)NCC1(c2ccccc2)CCOCC1. The molecule has 0 unspecified atom stereocenters. The predicted octanol–water partition coefficient (Wildman–Crippen LogP) is 4.22. The minimum atomic E-state index is -0.0863. The van der Waals surface area contributed by atoms with Crippen molar-refractivity contribution < 1.29 is 9.53 Å². The molecule has 4 heteroatoms. The Labute approximate surface area is 153 Å². The summed E-state index contributed by atoms with van der Waals surface area (Å²) in [5.74, 6) is -0.0863. The molecule has 2 aromatic carbocycles. The van der Waals surface area contributed by atoms with Gasteiger partial charge in [-0.15, -0.1) is 0 Å². The van der Waals surface area contributed by atoms with E-state index in [1.807, 2.05) is 30.3 Å². The van der Waals surface area contributed by atoms with E-state index in [2.05, 4.69) is 29.6 Å². The third-order valence-electron chi connectivity index (χ3n) is 4.73. The highest BCUT2D eigenvalue weighted by Crippen LogP contribution is 2.34. The highest BCUT2D eigenvalue weighted by atomic mass is 35.5. The van der Waals surface area contributed by atoms with Gasteiger partial charge >= 0.3 is 0 Å². The molecule has 25 heavy (non-hydrogen) atoms. The topological polar surface area (TPSA) is 38.3 Å². The molecule has 0 aliphatic carbocycles. The Balaban J connectivity index is 1.65. The second-order valence-electron chi connectivity index (χ2n) is 6.36. The van der Waals surface area contributed by atoms with Crippen LogP contribution in [0.1, 0.15) is 24.0 Å². The first-order valence-corrected chi connectivity index (χ1v) is 8.91. The largest absolute Gasteiger partial charge is 0.381 e.